The number of esters is 1. The van der Waals surface area contributed by atoms with Gasteiger partial charge >= 0.3 is 11.9 Å². The summed E-state index contributed by atoms with van der Waals surface area (Å²) in [6.07, 6.45) is 0. The SMILES string of the molecule is COc1ccc(C(=O)/C(COC(=O)CBr)=N/OC(C)=O)c2ccccc12. The van der Waals surface area contributed by atoms with Gasteiger partial charge in [0.25, 0.3) is 0 Å². The van der Waals surface area contributed by atoms with Crippen molar-refractivity contribution in [1.82, 2.24) is 0 Å². The Balaban J connectivity index is 2.44. The van der Waals surface area contributed by atoms with Crippen molar-refractivity contribution >= 4 is 50.1 Å². The Bertz CT molecular complexity index is 877. The number of oxime groups is 1. The van der Waals surface area contributed by atoms with E-state index in [9.17, 15) is 14.4 Å². The lowest BCUT2D eigenvalue weighted by Gasteiger charge is -2.11. The molecule has 136 valence electrons. The van der Waals surface area contributed by atoms with Crippen LogP contribution in [-0.2, 0) is 19.2 Å². The van der Waals surface area contributed by atoms with Crippen molar-refractivity contribution in [3.8, 4) is 5.75 Å². The monoisotopic (exact) mass is 421 g/mol. The number of carbonyl (C=O) groups is 3. The molecule has 7 nitrogen and oxygen atoms in total. The van der Waals surface area contributed by atoms with Crippen LogP contribution in [0.15, 0.2) is 41.6 Å². The molecule has 0 unspecified atom stereocenters. The molecule has 0 N–H and O–H groups in total. The van der Waals surface area contributed by atoms with Gasteiger partial charge in [-0.3, -0.25) is 9.59 Å². The fourth-order valence-corrected chi connectivity index (χ4v) is 2.40. The summed E-state index contributed by atoms with van der Waals surface area (Å²) in [6, 6.07) is 10.4. The predicted octanol–water partition coefficient (Wildman–Crippen LogP) is 2.89. The molecule has 0 radical (unpaired) electrons. The number of rotatable bonds is 7. The van der Waals surface area contributed by atoms with Gasteiger partial charge in [-0.2, -0.15) is 0 Å². The maximum atomic E-state index is 12.9. The summed E-state index contributed by atoms with van der Waals surface area (Å²) in [5.74, 6) is -1.18. The van der Waals surface area contributed by atoms with E-state index >= 15 is 0 Å². The second-order valence-electron chi connectivity index (χ2n) is 5.11. The first-order valence-electron chi connectivity index (χ1n) is 7.54. The molecule has 0 saturated carbocycles. The number of fused-ring (bicyclic) bond motifs is 1. The van der Waals surface area contributed by atoms with Gasteiger partial charge in [-0.05, 0) is 17.5 Å². The first-order chi connectivity index (χ1) is 12.5. The number of alkyl halides is 1. The number of Topliss-reactive ketones (excluding diaryl/α,β-unsaturated/α-hetero) is 1. The lowest BCUT2D eigenvalue weighted by molar-refractivity contribution is -0.140. The minimum absolute atomic E-state index is 0.0342. The standard InChI is InChI=1S/C18H16BrNO6/c1-11(21)26-20-15(10-25-17(22)9-19)18(23)14-7-8-16(24-2)13-6-4-3-5-12(13)14/h3-8H,9-10H2,1-2H3/b20-15+. The number of halogens is 1. The number of nitrogens with zero attached hydrogens (tertiary/aromatic N) is 1. The second kappa shape index (κ2) is 9.10. The zero-order valence-electron chi connectivity index (χ0n) is 14.2. The number of benzene rings is 2. The molecule has 0 spiro atoms. The van der Waals surface area contributed by atoms with Crippen molar-refractivity contribution in [1.29, 1.82) is 0 Å². The third-order valence-electron chi connectivity index (χ3n) is 3.37. The van der Waals surface area contributed by atoms with Gasteiger partial charge in [0.05, 0.1) is 7.11 Å². The van der Waals surface area contributed by atoms with Gasteiger partial charge in [-0.15, -0.1) is 0 Å². The largest absolute Gasteiger partial charge is 0.496 e. The Labute approximate surface area is 158 Å². The van der Waals surface area contributed by atoms with E-state index in [1.54, 1.807) is 24.3 Å². The summed E-state index contributed by atoms with van der Waals surface area (Å²) < 4.78 is 10.2. The first-order valence-corrected chi connectivity index (χ1v) is 8.66. The Kier molecular flexibility index (Phi) is 6.85. The van der Waals surface area contributed by atoms with Crippen molar-refractivity contribution in [3.63, 3.8) is 0 Å². The molecule has 0 aliphatic heterocycles. The number of methoxy groups -OCH3 is 1. The van der Waals surface area contributed by atoms with Gasteiger partial charge in [0, 0.05) is 17.9 Å². The number of carbonyl (C=O) groups excluding carboxylic acids is 3. The van der Waals surface area contributed by atoms with Crippen LogP contribution in [0, 0.1) is 0 Å². The summed E-state index contributed by atoms with van der Waals surface area (Å²) in [6.45, 7) is 0.732. The van der Waals surface area contributed by atoms with E-state index in [1.807, 2.05) is 12.1 Å². The maximum Gasteiger partial charge on any atom is 0.331 e. The molecule has 0 saturated heterocycles. The van der Waals surface area contributed by atoms with Gasteiger partial charge in [0.15, 0.2) is 5.71 Å². The van der Waals surface area contributed by atoms with Crippen molar-refractivity contribution in [2.45, 2.75) is 6.92 Å². The van der Waals surface area contributed by atoms with Crippen LogP contribution >= 0.6 is 15.9 Å². The summed E-state index contributed by atoms with van der Waals surface area (Å²) in [7, 11) is 1.54. The third-order valence-corrected chi connectivity index (χ3v) is 3.83. The molecule has 0 bridgehead atoms. The van der Waals surface area contributed by atoms with E-state index < -0.39 is 24.3 Å². The van der Waals surface area contributed by atoms with Crippen LogP contribution in [0.1, 0.15) is 17.3 Å². The van der Waals surface area contributed by atoms with Crippen LogP contribution in [0.2, 0.25) is 0 Å². The molecular formula is C18H16BrNO6. The van der Waals surface area contributed by atoms with Gasteiger partial charge in [-0.25, -0.2) is 4.79 Å². The quantitative estimate of drug-likeness (QED) is 0.170. The average molecular weight is 422 g/mol. The molecule has 0 atom stereocenters. The molecule has 2 aromatic rings. The Morgan fingerprint density at radius 3 is 2.38 bits per heavy atom. The molecule has 0 heterocycles. The van der Waals surface area contributed by atoms with Crippen LogP contribution < -0.4 is 4.74 Å². The summed E-state index contributed by atoms with van der Waals surface area (Å²) in [5, 5.41) is 4.89. The highest BCUT2D eigenvalue weighted by molar-refractivity contribution is 9.09. The van der Waals surface area contributed by atoms with Crippen LogP contribution in [0.5, 0.6) is 5.75 Å². The molecule has 0 aliphatic carbocycles. The van der Waals surface area contributed by atoms with Crippen LogP contribution in [0.25, 0.3) is 10.8 Å². The summed E-state index contributed by atoms with van der Waals surface area (Å²) >= 11 is 2.96. The molecule has 0 amide bonds. The van der Waals surface area contributed by atoms with E-state index in [-0.39, 0.29) is 11.0 Å². The van der Waals surface area contributed by atoms with E-state index in [2.05, 4.69) is 25.9 Å². The van der Waals surface area contributed by atoms with Crippen LogP contribution in [-0.4, -0.2) is 42.5 Å². The average Bonchev–Trinajstić information content (AvgIpc) is 2.66. The zero-order chi connectivity index (χ0) is 19.1. The smallest absolute Gasteiger partial charge is 0.331 e. The highest BCUT2D eigenvalue weighted by atomic mass is 79.9. The van der Waals surface area contributed by atoms with Crippen molar-refractivity contribution in [2.24, 2.45) is 5.16 Å². The molecule has 0 aliphatic rings. The fraction of sp³-hybridized carbons (Fsp3) is 0.222. The fourth-order valence-electron chi connectivity index (χ4n) is 2.24. The Morgan fingerprint density at radius 2 is 1.77 bits per heavy atom. The van der Waals surface area contributed by atoms with E-state index in [0.29, 0.717) is 16.7 Å². The number of ether oxygens (including phenoxy) is 2. The Hall–Kier alpha value is -2.74. The van der Waals surface area contributed by atoms with Gasteiger partial charge < -0.3 is 14.3 Å². The van der Waals surface area contributed by atoms with Gasteiger partial charge in [-0.1, -0.05) is 45.4 Å². The second-order valence-corrected chi connectivity index (χ2v) is 5.67. The van der Waals surface area contributed by atoms with Crippen molar-refractivity contribution in [2.75, 3.05) is 19.0 Å². The summed E-state index contributed by atoms with van der Waals surface area (Å²) in [4.78, 5) is 39.9. The van der Waals surface area contributed by atoms with E-state index in [4.69, 9.17) is 9.47 Å². The minimum Gasteiger partial charge on any atom is -0.496 e. The van der Waals surface area contributed by atoms with E-state index in [0.717, 1.165) is 12.3 Å². The summed E-state index contributed by atoms with van der Waals surface area (Å²) in [5.41, 5.74) is 0.118. The molecule has 8 heteroatoms. The Morgan fingerprint density at radius 1 is 1.08 bits per heavy atom. The van der Waals surface area contributed by atoms with Gasteiger partial charge in [0.1, 0.15) is 17.7 Å². The molecule has 2 aromatic carbocycles. The zero-order valence-corrected chi connectivity index (χ0v) is 15.7. The van der Waals surface area contributed by atoms with Gasteiger partial charge in [0.2, 0.25) is 5.78 Å². The lowest BCUT2D eigenvalue weighted by Crippen LogP contribution is -2.24. The number of ketones is 1. The topological polar surface area (TPSA) is 91.3 Å². The minimum atomic E-state index is -0.693. The molecule has 2 rings (SSSR count). The highest BCUT2D eigenvalue weighted by Gasteiger charge is 2.21. The molecule has 26 heavy (non-hydrogen) atoms. The third kappa shape index (κ3) is 4.66. The van der Waals surface area contributed by atoms with Crippen molar-refractivity contribution in [3.05, 3.63) is 42.0 Å². The number of hydrogen-bond donors (Lipinski definition) is 0. The molecule has 0 aromatic heterocycles. The highest BCUT2D eigenvalue weighted by Crippen LogP contribution is 2.28. The first kappa shape index (κ1) is 19.6. The number of hydrogen-bond acceptors (Lipinski definition) is 7. The molecule has 0 fully saturated rings. The van der Waals surface area contributed by atoms with Crippen LogP contribution in [0.4, 0.5) is 0 Å². The maximum absolute atomic E-state index is 12.9. The van der Waals surface area contributed by atoms with Crippen molar-refractivity contribution < 1.29 is 28.7 Å². The van der Waals surface area contributed by atoms with Crippen LogP contribution in [0.3, 0.4) is 0 Å². The lowest BCUT2D eigenvalue weighted by atomic mass is 9.98. The predicted molar refractivity (Wildman–Crippen MR) is 98.8 cm³/mol. The normalized spacial score (nSPS) is 11.1. The van der Waals surface area contributed by atoms with E-state index in [1.165, 1.54) is 7.11 Å². The molecular weight excluding hydrogens is 406 g/mol.